The topological polar surface area (TPSA) is 111 Å². The van der Waals surface area contributed by atoms with E-state index in [0.29, 0.717) is 17.9 Å². The summed E-state index contributed by atoms with van der Waals surface area (Å²) in [5, 5.41) is 5.02. The van der Waals surface area contributed by atoms with Gasteiger partial charge in [-0.15, -0.1) is 0 Å². The van der Waals surface area contributed by atoms with Gasteiger partial charge in [-0.2, -0.15) is 11.8 Å². The molecule has 1 aromatic rings. The molecule has 0 radical (unpaired) electrons. The number of thioether (sulfide) groups is 1. The van der Waals surface area contributed by atoms with Crippen LogP contribution < -0.4 is 16.4 Å². The van der Waals surface area contributed by atoms with Crippen molar-refractivity contribution in [3.8, 4) is 0 Å². The quantitative estimate of drug-likeness (QED) is 0.615. The van der Waals surface area contributed by atoms with Gasteiger partial charge in [-0.05, 0) is 49.5 Å². The molecule has 132 valence electrons. The number of carbonyl (C=O) groups is 3. The van der Waals surface area contributed by atoms with Crippen LogP contribution in [0.3, 0.4) is 0 Å². The number of nitrogens with two attached hydrogens (primary N) is 1. The van der Waals surface area contributed by atoms with Crippen molar-refractivity contribution in [1.29, 1.82) is 0 Å². The van der Waals surface area contributed by atoms with Gasteiger partial charge in [0.2, 0.25) is 0 Å². The molecule has 7 nitrogen and oxygen atoms in total. The van der Waals surface area contributed by atoms with Crippen molar-refractivity contribution in [1.82, 2.24) is 5.32 Å². The third-order valence-corrected chi connectivity index (χ3v) is 4.08. The fourth-order valence-corrected chi connectivity index (χ4v) is 2.44. The highest BCUT2D eigenvalue weighted by Gasteiger charge is 2.22. The van der Waals surface area contributed by atoms with Crippen LogP contribution in [0.25, 0.3) is 0 Å². The highest BCUT2D eigenvalue weighted by Crippen LogP contribution is 2.17. The van der Waals surface area contributed by atoms with Gasteiger partial charge in [0.25, 0.3) is 5.91 Å². The Balaban J connectivity index is 2.56. The highest BCUT2D eigenvalue weighted by molar-refractivity contribution is 7.98. The van der Waals surface area contributed by atoms with E-state index in [2.05, 4.69) is 10.6 Å². The van der Waals surface area contributed by atoms with Crippen LogP contribution in [-0.4, -0.2) is 42.6 Å². The second kappa shape index (κ2) is 9.82. The van der Waals surface area contributed by atoms with Gasteiger partial charge >= 0.3 is 12.0 Å². The van der Waals surface area contributed by atoms with E-state index in [1.54, 1.807) is 6.07 Å². The largest absolute Gasteiger partial charge is 0.454 e. The number of hydrogen-bond donors (Lipinski definition) is 3. The van der Waals surface area contributed by atoms with Crippen LogP contribution >= 0.6 is 11.8 Å². The van der Waals surface area contributed by atoms with Crippen molar-refractivity contribution < 1.29 is 19.1 Å². The number of esters is 1. The monoisotopic (exact) mass is 353 g/mol. The third-order valence-electron chi connectivity index (χ3n) is 3.44. The molecule has 0 aliphatic carbocycles. The van der Waals surface area contributed by atoms with Crippen molar-refractivity contribution in [3.05, 3.63) is 29.3 Å². The fourth-order valence-electron chi connectivity index (χ4n) is 1.97. The molecule has 0 spiro atoms. The number of aryl methyl sites for hydroxylation is 1. The lowest BCUT2D eigenvalue weighted by Gasteiger charge is -2.16. The van der Waals surface area contributed by atoms with Crippen LogP contribution in [-0.2, 0) is 14.3 Å². The maximum atomic E-state index is 12.0. The maximum Gasteiger partial charge on any atom is 0.329 e. The average Bonchev–Trinajstić information content (AvgIpc) is 2.53. The van der Waals surface area contributed by atoms with E-state index in [0.717, 1.165) is 11.1 Å². The zero-order valence-corrected chi connectivity index (χ0v) is 14.9. The summed E-state index contributed by atoms with van der Waals surface area (Å²) in [4.78, 5) is 34.9. The molecule has 0 aromatic heterocycles. The van der Waals surface area contributed by atoms with E-state index in [9.17, 15) is 14.4 Å². The van der Waals surface area contributed by atoms with Crippen molar-refractivity contribution in [3.63, 3.8) is 0 Å². The highest BCUT2D eigenvalue weighted by atomic mass is 32.2. The summed E-state index contributed by atoms with van der Waals surface area (Å²) in [6, 6.07) is 3.88. The van der Waals surface area contributed by atoms with E-state index in [1.807, 2.05) is 32.2 Å². The molecule has 0 saturated heterocycles. The van der Waals surface area contributed by atoms with E-state index >= 15 is 0 Å². The number of urea groups is 1. The number of anilines is 1. The molecule has 0 fully saturated rings. The molecule has 0 saturated carbocycles. The fraction of sp³-hybridized carbons (Fsp3) is 0.438. The molecular formula is C16H23N3O4S. The van der Waals surface area contributed by atoms with E-state index in [-0.39, 0.29) is 0 Å². The smallest absolute Gasteiger partial charge is 0.329 e. The van der Waals surface area contributed by atoms with Crippen LogP contribution in [0.2, 0.25) is 0 Å². The number of hydrogen-bond acceptors (Lipinski definition) is 5. The molecule has 0 unspecified atom stereocenters. The number of primary amides is 1. The molecule has 1 atom stereocenters. The van der Waals surface area contributed by atoms with Gasteiger partial charge in [0.05, 0.1) is 0 Å². The van der Waals surface area contributed by atoms with Crippen molar-refractivity contribution >= 4 is 35.4 Å². The Morgan fingerprint density at radius 3 is 2.62 bits per heavy atom. The zero-order valence-electron chi connectivity index (χ0n) is 14.0. The maximum absolute atomic E-state index is 12.0. The number of benzene rings is 1. The van der Waals surface area contributed by atoms with Crippen LogP contribution in [0, 0.1) is 13.8 Å². The zero-order chi connectivity index (χ0) is 18.1. The van der Waals surface area contributed by atoms with Crippen LogP contribution in [0.4, 0.5) is 10.5 Å². The Bertz CT molecular complexity index is 607. The van der Waals surface area contributed by atoms with Crippen molar-refractivity contribution in [2.24, 2.45) is 5.73 Å². The second-order valence-corrected chi connectivity index (χ2v) is 6.23. The predicted octanol–water partition coefficient (Wildman–Crippen LogP) is 1.58. The summed E-state index contributed by atoms with van der Waals surface area (Å²) in [6.45, 7) is 3.41. The first kappa shape index (κ1) is 19.8. The van der Waals surface area contributed by atoms with Gasteiger partial charge < -0.3 is 21.1 Å². The van der Waals surface area contributed by atoms with Gasteiger partial charge in [0.1, 0.15) is 6.04 Å². The van der Waals surface area contributed by atoms with Gasteiger partial charge in [-0.25, -0.2) is 9.59 Å². The van der Waals surface area contributed by atoms with Gasteiger partial charge in [-0.3, -0.25) is 4.79 Å². The van der Waals surface area contributed by atoms with Gasteiger partial charge in [0.15, 0.2) is 6.61 Å². The Morgan fingerprint density at radius 1 is 1.29 bits per heavy atom. The lowest BCUT2D eigenvalue weighted by molar-refractivity contribution is -0.149. The molecular weight excluding hydrogens is 330 g/mol. The van der Waals surface area contributed by atoms with Crippen LogP contribution in [0.15, 0.2) is 18.2 Å². The lowest BCUT2D eigenvalue weighted by atomic mass is 10.1. The number of ether oxygens (including phenoxy) is 1. The summed E-state index contributed by atoms with van der Waals surface area (Å²) >= 11 is 1.52. The molecule has 0 aliphatic heterocycles. The van der Waals surface area contributed by atoms with E-state index < -0.39 is 30.6 Å². The number of carbonyl (C=O) groups excluding carboxylic acids is 3. The number of amides is 3. The molecule has 3 amide bonds. The van der Waals surface area contributed by atoms with Crippen molar-refractivity contribution in [2.75, 3.05) is 23.9 Å². The first-order valence-corrected chi connectivity index (χ1v) is 8.82. The molecule has 0 bridgehead atoms. The molecule has 0 heterocycles. The summed E-state index contributed by atoms with van der Waals surface area (Å²) in [7, 11) is 0. The SMILES string of the molecule is CSCC[C@@H](NC(N)=O)C(=O)OCC(=O)Nc1cccc(C)c1C. The second-order valence-electron chi connectivity index (χ2n) is 5.25. The average molecular weight is 353 g/mol. The molecule has 24 heavy (non-hydrogen) atoms. The Morgan fingerprint density at radius 2 is 2.00 bits per heavy atom. The first-order valence-electron chi connectivity index (χ1n) is 7.42. The summed E-state index contributed by atoms with van der Waals surface area (Å²) in [5.41, 5.74) is 7.72. The Hall–Kier alpha value is -2.22. The Labute approximate surface area is 145 Å². The number of rotatable bonds is 8. The minimum absolute atomic E-state index is 0.377. The van der Waals surface area contributed by atoms with Gasteiger partial charge in [0, 0.05) is 5.69 Å². The molecule has 8 heteroatoms. The summed E-state index contributed by atoms with van der Waals surface area (Å²) in [6.07, 6.45) is 2.26. The first-order chi connectivity index (χ1) is 11.3. The standard InChI is InChI=1S/C16H23N3O4S/c1-10-5-4-6-12(11(10)2)18-14(20)9-23-15(21)13(7-8-24-3)19-16(17)22/h4-6,13H,7-9H2,1-3H3,(H,18,20)(H3,17,19,22)/t13-/m1/s1. The summed E-state index contributed by atoms with van der Waals surface area (Å²) in [5.74, 6) is -0.479. The summed E-state index contributed by atoms with van der Waals surface area (Å²) < 4.78 is 4.98. The number of nitrogens with one attached hydrogen (secondary N) is 2. The molecule has 0 aliphatic rings. The minimum atomic E-state index is -0.858. The van der Waals surface area contributed by atoms with Gasteiger partial charge in [-0.1, -0.05) is 12.1 Å². The minimum Gasteiger partial charge on any atom is -0.454 e. The van der Waals surface area contributed by atoms with E-state index in [4.69, 9.17) is 10.5 Å². The molecule has 1 rings (SSSR count). The lowest BCUT2D eigenvalue weighted by Crippen LogP contribution is -2.45. The van der Waals surface area contributed by atoms with Crippen molar-refractivity contribution in [2.45, 2.75) is 26.3 Å². The molecule has 4 N–H and O–H groups in total. The van der Waals surface area contributed by atoms with E-state index in [1.165, 1.54) is 11.8 Å². The predicted molar refractivity (Wildman–Crippen MR) is 95.0 cm³/mol. The Kier molecular flexibility index (Phi) is 8.11. The van der Waals surface area contributed by atoms with Crippen LogP contribution in [0.5, 0.6) is 0 Å². The third kappa shape index (κ3) is 6.49. The normalized spacial score (nSPS) is 11.5. The molecule has 1 aromatic carbocycles. The van der Waals surface area contributed by atoms with Crippen LogP contribution in [0.1, 0.15) is 17.5 Å².